The number of benzene rings is 1. The first kappa shape index (κ1) is 15.1. The van der Waals surface area contributed by atoms with Crippen molar-refractivity contribution in [2.24, 2.45) is 0 Å². The predicted octanol–water partition coefficient (Wildman–Crippen LogP) is 1.80. The summed E-state index contributed by atoms with van der Waals surface area (Å²) < 4.78 is 41.5. The molecule has 8 heteroatoms. The molecule has 0 heterocycles. The maximum Gasteiger partial charge on any atom is 0.337 e. The van der Waals surface area contributed by atoms with Gasteiger partial charge in [-0.25, -0.2) is 18.0 Å². The molecular weight excluding hydrogens is 265 g/mol. The van der Waals surface area contributed by atoms with E-state index in [4.69, 9.17) is 10.8 Å². The van der Waals surface area contributed by atoms with E-state index in [1.165, 1.54) is 0 Å². The number of ether oxygens (including phenoxy) is 1. The number of alkyl halides is 2. The van der Waals surface area contributed by atoms with Gasteiger partial charge in [-0.2, -0.15) is 0 Å². The number of hydrogen-bond donors (Lipinski definition) is 3. The van der Waals surface area contributed by atoms with Gasteiger partial charge >= 0.3 is 5.97 Å². The lowest BCUT2D eigenvalue weighted by molar-refractivity contribution is 0.0214. The van der Waals surface area contributed by atoms with Crippen molar-refractivity contribution >= 4 is 17.3 Å². The molecule has 0 unspecified atom stereocenters. The molecule has 4 N–H and O–H groups in total. The molecule has 106 valence electrons. The number of carboxylic acid groups (broad SMARTS) is 1. The highest BCUT2D eigenvalue weighted by Gasteiger charge is 2.13. The predicted molar refractivity (Wildman–Crippen MR) is 63.1 cm³/mol. The van der Waals surface area contributed by atoms with E-state index in [9.17, 15) is 18.0 Å². The van der Waals surface area contributed by atoms with Gasteiger partial charge < -0.3 is 20.9 Å². The Balaban J connectivity index is 2.58. The lowest BCUT2D eigenvalue weighted by Gasteiger charge is -2.10. The molecule has 5 nitrogen and oxygen atoms in total. The zero-order chi connectivity index (χ0) is 14.4. The van der Waals surface area contributed by atoms with Gasteiger partial charge in [-0.1, -0.05) is 0 Å². The molecule has 0 aromatic heterocycles. The summed E-state index contributed by atoms with van der Waals surface area (Å²) in [5.41, 5.74) is 4.84. The Morgan fingerprint density at radius 3 is 2.74 bits per heavy atom. The topological polar surface area (TPSA) is 84.6 Å². The second-order valence-corrected chi connectivity index (χ2v) is 3.62. The highest BCUT2D eigenvalue weighted by molar-refractivity contribution is 5.94. The number of hydrogen-bond acceptors (Lipinski definition) is 4. The fourth-order valence-corrected chi connectivity index (χ4v) is 1.34. The Kier molecular flexibility index (Phi) is 5.43. The quantitative estimate of drug-likeness (QED) is 0.523. The largest absolute Gasteiger partial charge is 0.478 e. The minimum absolute atomic E-state index is 0.0590. The number of nitrogen functional groups attached to an aromatic ring is 1. The van der Waals surface area contributed by atoms with E-state index in [1.54, 1.807) is 0 Å². The second kappa shape index (κ2) is 6.83. The van der Waals surface area contributed by atoms with Crippen LogP contribution in [0.1, 0.15) is 10.4 Å². The summed E-state index contributed by atoms with van der Waals surface area (Å²) in [4.78, 5) is 10.8. The van der Waals surface area contributed by atoms with Crippen LogP contribution in [-0.2, 0) is 4.74 Å². The van der Waals surface area contributed by atoms with Gasteiger partial charge in [0.15, 0.2) is 0 Å². The third-order valence-corrected chi connectivity index (χ3v) is 2.18. The van der Waals surface area contributed by atoms with E-state index < -0.39 is 24.8 Å². The summed E-state index contributed by atoms with van der Waals surface area (Å²) in [6.07, 6.45) is -2.56. The lowest BCUT2D eigenvalue weighted by atomic mass is 10.1. The molecule has 0 saturated heterocycles. The van der Waals surface area contributed by atoms with Crippen LogP contribution in [0.2, 0.25) is 0 Å². The van der Waals surface area contributed by atoms with Gasteiger partial charge in [-0.3, -0.25) is 0 Å². The van der Waals surface area contributed by atoms with Crippen LogP contribution in [0, 0.1) is 5.82 Å². The van der Waals surface area contributed by atoms with Crippen molar-refractivity contribution in [3.05, 3.63) is 23.5 Å². The molecule has 0 spiro atoms. The number of carboxylic acids is 1. The van der Waals surface area contributed by atoms with E-state index in [0.29, 0.717) is 0 Å². The molecule has 0 amide bonds. The van der Waals surface area contributed by atoms with Gasteiger partial charge in [0, 0.05) is 12.2 Å². The van der Waals surface area contributed by atoms with Gasteiger partial charge in [0.05, 0.1) is 17.9 Å². The minimum Gasteiger partial charge on any atom is -0.478 e. The maximum absolute atomic E-state index is 13.4. The summed E-state index contributed by atoms with van der Waals surface area (Å²) in [5, 5.41) is 11.4. The number of anilines is 2. The van der Waals surface area contributed by atoms with E-state index in [1.807, 2.05) is 0 Å². The fourth-order valence-electron chi connectivity index (χ4n) is 1.34. The van der Waals surface area contributed by atoms with Crippen LogP contribution in [0.5, 0.6) is 0 Å². The summed E-state index contributed by atoms with van der Waals surface area (Å²) in [5.74, 6) is -2.01. The number of nitrogens with one attached hydrogen (secondary N) is 1. The standard InChI is InChI=1S/C11H13F3N2O3/c12-7-4-8(15)6(11(17)18)3-9(7)16-1-2-19-5-10(13)14/h3-4,10,16H,1-2,5,15H2,(H,17,18). The Morgan fingerprint density at radius 2 is 2.16 bits per heavy atom. The molecule has 0 saturated carbocycles. The monoisotopic (exact) mass is 278 g/mol. The summed E-state index contributed by atoms with van der Waals surface area (Å²) in [6.45, 7) is -0.699. The molecule has 0 aliphatic rings. The SMILES string of the molecule is Nc1cc(F)c(NCCOCC(F)F)cc1C(=O)O. The van der Waals surface area contributed by atoms with Crippen molar-refractivity contribution in [2.75, 3.05) is 30.8 Å². The molecule has 0 atom stereocenters. The van der Waals surface area contributed by atoms with Gasteiger partial charge in [0.25, 0.3) is 6.43 Å². The zero-order valence-corrected chi connectivity index (χ0v) is 9.83. The average Bonchev–Trinajstić information content (AvgIpc) is 2.30. The summed E-state index contributed by atoms with van der Waals surface area (Å²) in [6, 6.07) is 1.92. The highest BCUT2D eigenvalue weighted by Crippen LogP contribution is 2.22. The van der Waals surface area contributed by atoms with Crippen LogP contribution >= 0.6 is 0 Å². The normalized spacial score (nSPS) is 10.7. The molecule has 0 aliphatic heterocycles. The molecule has 19 heavy (non-hydrogen) atoms. The molecule has 1 aromatic carbocycles. The smallest absolute Gasteiger partial charge is 0.337 e. The Labute approximate surface area is 107 Å². The van der Waals surface area contributed by atoms with Crippen LogP contribution in [0.3, 0.4) is 0 Å². The molecule has 0 aliphatic carbocycles. The second-order valence-electron chi connectivity index (χ2n) is 3.62. The third-order valence-electron chi connectivity index (χ3n) is 2.18. The zero-order valence-electron chi connectivity index (χ0n) is 9.83. The first-order chi connectivity index (χ1) is 8.91. The van der Waals surface area contributed by atoms with E-state index in [0.717, 1.165) is 12.1 Å². The molecule has 0 fully saturated rings. The molecule has 1 rings (SSSR count). The summed E-state index contributed by atoms with van der Waals surface area (Å²) in [7, 11) is 0. The maximum atomic E-state index is 13.4. The summed E-state index contributed by atoms with van der Waals surface area (Å²) >= 11 is 0. The number of halogens is 3. The van der Waals surface area contributed by atoms with Gasteiger partial charge in [0.1, 0.15) is 12.4 Å². The first-order valence-electron chi connectivity index (χ1n) is 5.34. The third kappa shape index (κ3) is 4.66. The minimum atomic E-state index is -2.56. The van der Waals surface area contributed by atoms with Crippen molar-refractivity contribution in [3.8, 4) is 0 Å². The van der Waals surface area contributed by atoms with Gasteiger partial charge in [-0.15, -0.1) is 0 Å². The van der Waals surface area contributed by atoms with Crippen LogP contribution in [0.4, 0.5) is 24.5 Å². The van der Waals surface area contributed by atoms with Crippen LogP contribution in [0.25, 0.3) is 0 Å². The fraction of sp³-hybridized carbons (Fsp3) is 0.364. The molecule has 0 bridgehead atoms. The lowest BCUT2D eigenvalue weighted by Crippen LogP contribution is -2.14. The van der Waals surface area contributed by atoms with E-state index in [-0.39, 0.29) is 30.1 Å². The van der Waals surface area contributed by atoms with Crippen molar-refractivity contribution in [3.63, 3.8) is 0 Å². The first-order valence-corrected chi connectivity index (χ1v) is 5.34. The van der Waals surface area contributed by atoms with Crippen molar-refractivity contribution in [1.82, 2.24) is 0 Å². The molecule has 1 aromatic rings. The van der Waals surface area contributed by atoms with Crippen molar-refractivity contribution < 1.29 is 27.8 Å². The van der Waals surface area contributed by atoms with Crippen LogP contribution in [-0.4, -0.2) is 37.3 Å². The van der Waals surface area contributed by atoms with Gasteiger partial charge in [0.2, 0.25) is 0 Å². The van der Waals surface area contributed by atoms with E-state index >= 15 is 0 Å². The van der Waals surface area contributed by atoms with Crippen LogP contribution in [0.15, 0.2) is 12.1 Å². The van der Waals surface area contributed by atoms with E-state index in [2.05, 4.69) is 10.1 Å². The average molecular weight is 278 g/mol. The number of nitrogens with two attached hydrogens (primary N) is 1. The van der Waals surface area contributed by atoms with Crippen molar-refractivity contribution in [1.29, 1.82) is 0 Å². The molecular formula is C11H13F3N2O3. The molecule has 0 radical (unpaired) electrons. The number of rotatable bonds is 7. The number of carbonyl (C=O) groups is 1. The highest BCUT2D eigenvalue weighted by atomic mass is 19.3. The van der Waals surface area contributed by atoms with Crippen LogP contribution < -0.4 is 11.1 Å². The Hall–Kier alpha value is -1.96. The number of aromatic carboxylic acids is 1. The Bertz CT molecular complexity index is 455. The van der Waals surface area contributed by atoms with Gasteiger partial charge in [-0.05, 0) is 12.1 Å². The van der Waals surface area contributed by atoms with Crippen molar-refractivity contribution in [2.45, 2.75) is 6.43 Å². The Morgan fingerprint density at radius 1 is 1.47 bits per heavy atom.